The Bertz CT molecular complexity index is 1040. The van der Waals surface area contributed by atoms with Gasteiger partial charge in [0.15, 0.2) is 0 Å². The van der Waals surface area contributed by atoms with Crippen molar-refractivity contribution in [3.05, 3.63) is 71.3 Å². The van der Waals surface area contributed by atoms with Crippen LogP contribution in [0.5, 0.6) is 11.5 Å². The van der Waals surface area contributed by atoms with E-state index in [-0.39, 0.29) is 28.5 Å². The first-order chi connectivity index (χ1) is 17.3. The van der Waals surface area contributed by atoms with E-state index in [9.17, 15) is 13.6 Å². The molecule has 0 amide bonds. The van der Waals surface area contributed by atoms with Gasteiger partial charge < -0.3 is 9.47 Å². The molecule has 4 rings (SSSR count). The van der Waals surface area contributed by atoms with Crippen LogP contribution in [0.4, 0.5) is 17.6 Å². The highest BCUT2D eigenvalue weighted by atomic mass is 19.3. The van der Waals surface area contributed by atoms with E-state index in [1.807, 2.05) is 6.92 Å². The summed E-state index contributed by atoms with van der Waals surface area (Å²) in [7, 11) is 0. The van der Waals surface area contributed by atoms with Gasteiger partial charge in [-0.3, -0.25) is 0 Å². The molecule has 2 aromatic rings. The molecular weight excluding hydrogens is 472 g/mol. The molecule has 7 heteroatoms. The monoisotopic (exact) mass is 504 g/mol. The van der Waals surface area contributed by atoms with E-state index >= 15 is 8.78 Å². The third kappa shape index (κ3) is 6.48. The number of fused-ring (bicyclic) bond motifs is 1. The molecule has 0 saturated heterocycles. The molecule has 36 heavy (non-hydrogen) atoms. The molecule has 0 radical (unpaired) electrons. The second kappa shape index (κ2) is 11.9. The smallest absolute Gasteiger partial charge is 0.387 e. The van der Waals surface area contributed by atoms with Gasteiger partial charge in [0, 0.05) is 5.56 Å². The first-order valence-electron chi connectivity index (χ1n) is 12.7. The Kier molecular flexibility index (Phi) is 8.70. The van der Waals surface area contributed by atoms with E-state index in [2.05, 4.69) is 16.9 Å². The maximum Gasteiger partial charge on any atom is 0.387 e. The minimum Gasteiger partial charge on any atom is -0.435 e. The number of hydrogen-bond acceptors (Lipinski definition) is 3. The van der Waals surface area contributed by atoms with E-state index in [4.69, 9.17) is 4.74 Å². The molecule has 0 bridgehead atoms. The summed E-state index contributed by atoms with van der Waals surface area (Å²) in [6.07, 6.45) is 12.6. The number of allylic oxidation sites excluding steroid dienone is 2. The summed E-state index contributed by atoms with van der Waals surface area (Å²) in [5, 5.41) is 0. The van der Waals surface area contributed by atoms with Crippen molar-refractivity contribution >= 4 is 5.97 Å². The zero-order valence-corrected chi connectivity index (χ0v) is 20.4. The highest BCUT2D eigenvalue weighted by Gasteiger charge is 2.37. The van der Waals surface area contributed by atoms with E-state index in [1.165, 1.54) is 43.5 Å². The Balaban J connectivity index is 1.38. The third-order valence-corrected chi connectivity index (χ3v) is 7.68. The first-order valence-corrected chi connectivity index (χ1v) is 12.7. The lowest BCUT2D eigenvalue weighted by atomic mass is 9.63. The van der Waals surface area contributed by atoms with Crippen LogP contribution in [-0.4, -0.2) is 12.6 Å². The molecule has 2 saturated carbocycles. The number of ether oxygens (including phenoxy) is 2. The number of carbonyl (C=O) groups excluding carboxylic acids is 1. The number of rotatable bonds is 8. The van der Waals surface area contributed by atoms with Gasteiger partial charge in [-0.25, -0.2) is 13.6 Å². The number of alkyl halides is 2. The van der Waals surface area contributed by atoms with Gasteiger partial charge in [-0.2, -0.15) is 8.78 Å². The molecule has 2 fully saturated rings. The van der Waals surface area contributed by atoms with Crippen molar-refractivity contribution in [2.75, 3.05) is 0 Å². The predicted molar refractivity (Wildman–Crippen MR) is 129 cm³/mol. The Labute approximate surface area is 209 Å². The average Bonchev–Trinajstić information content (AvgIpc) is 2.84. The lowest BCUT2D eigenvalue weighted by Gasteiger charge is -2.42. The van der Waals surface area contributed by atoms with Gasteiger partial charge >= 0.3 is 12.6 Å². The Hall–Kier alpha value is -2.83. The van der Waals surface area contributed by atoms with Crippen LogP contribution in [-0.2, 0) is 0 Å². The molecule has 2 aromatic carbocycles. The Morgan fingerprint density at radius 2 is 1.61 bits per heavy atom. The summed E-state index contributed by atoms with van der Waals surface area (Å²) in [5.41, 5.74) is -0.175. The zero-order valence-electron chi connectivity index (χ0n) is 20.4. The normalized spacial score (nSPS) is 24.1. The van der Waals surface area contributed by atoms with Crippen LogP contribution < -0.4 is 9.47 Å². The molecule has 2 aliphatic rings. The topological polar surface area (TPSA) is 35.5 Å². The summed E-state index contributed by atoms with van der Waals surface area (Å²) < 4.78 is 64.1. The quantitative estimate of drug-likeness (QED) is 0.157. The van der Waals surface area contributed by atoms with Crippen LogP contribution >= 0.6 is 0 Å². The second-order valence-corrected chi connectivity index (χ2v) is 9.95. The number of halogens is 4. The zero-order chi connectivity index (χ0) is 25.7. The van der Waals surface area contributed by atoms with Crippen LogP contribution in [0.2, 0.25) is 0 Å². The first kappa shape index (κ1) is 26.2. The van der Waals surface area contributed by atoms with Crippen molar-refractivity contribution in [3.63, 3.8) is 0 Å². The predicted octanol–water partition coefficient (Wildman–Crippen LogP) is 8.44. The molecule has 0 aromatic heterocycles. The maximum absolute atomic E-state index is 15.1. The van der Waals surface area contributed by atoms with E-state index in [0.717, 1.165) is 50.2 Å². The third-order valence-electron chi connectivity index (χ3n) is 7.68. The molecule has 0 aliphatic heterocycles. The summed E-state index contributed by atoms with van der Waals surface area (Å²) in [4.78, 5) is 12.5. The van der Waals surface area contributed by atoms with Crippen molar-refractivity contribution < 1.29 is 31.8 Å². The fraction of sp³-hybridized carbons (Fsp3) is 0.483. The van der Waals surface area contributed by atoms with Crippen LogP contribution in [0, 0.1) is 29.4 Å². The molecule has 2 aliphatic carbocycles. The second-order valence-electron chi connectivity index (χ2n) is 9.95. The highest BCUT2D eigenvalue weighted by Crippen LogP contribution is 2.49. The Morgan fingerprint density at radius 1 is 0.972 bits per heavy atom. The summed E-state index contributed by atoms with van der Waals surface area (Å²) in [5.74, 6) is -0.775. The van der Waals surface area contributed by atoms with Crippen LogP contribution in [0.25, 0.3) is 0 Å². The summed E-state index contributed by atoms with van der Waals surface area (Å²) in [6.45, 7) is -0.928. The van der Waals surface area contributed by atoms with Gasteiger partial charge in [-0.05, 0) is 112 Å². The standard InChI is InChI=1S/C29H32F4O3/c1-2-3-4-5-18-6-7-20-15-21(9-8-19(20)14-18)27-25(30)16-22(17-26(27)31)28(34)35-23-10-12-24(13-11-23)36-29(32)33/h2-3,10-13,16-21,29H,4-9,14-15H2,1H3/b3-2+. The molecule has 194 valence electrons. The van der Waals surface area contributed by atoms with Gasteiger partial charge in [0.05, 0.1) is 5.56 Å². The van der Waals surface area contributed by atoms with Crippen molar-refractivity contribution in [3.8, 4) is 11.5 Å². The fourth-order valence-electron chi connectivity index (χ4n) is 5.96. The van der Waals surface area contributed by atoms with Gasteiger partial charge in [-0.15, -0.1) is 0 Å². The van der Waals surface area contributed by atoms with Gasteiger partial charge in [0.2, 0.25) is 0 Å². The van der Waals surface area contributed by atoms with E-state index in [1.54, 1.807) is 0 Å². The average molecular weight is 505 g/mol. The molecule has 4 atom stereocenters. The maximum atomic E-state index is 15.1. The number of esters is 1. The van der Waals surface area contributed by atoms with Crippen molar-refractivity contribution in [2.24, 2.45) is 17.8 Å². The largest absolute Gasteiger partial charge is 0.435 e. The number of benzene rings is 2. The molecule has 0 N–H and O–H groups in total. The van der Waals surface area contributed by atoms with Gasteiger partial charge in [0.25, 0.3) is 0 Å². The minimum atomic E-state index is -2.97. The van der Waals surface area contributed by atoms with Crippen LogP contribution in [0.1, 0.15) is 80.1 Å². The Morgan fingerprint density at radius 3 is 2.28 bits per heavy atom. The van der Waals surface area contributed by atoms with Gasteiger partial charge in [-0.1, -0.05) is 18.6 Å². The lowest BCUT2D eigenvalue weighted by Crippen LogP contribution is -2.31. The minimum absolute atomic E-state index is 0.0474. The lowest BCUT2D eigenvalue weighted by molar-refractivity contribution is -0.0498. The van der Waals surface area contributed by atoms with Crippen molar-refractivity contribution in [1.82, 2.24) is 0 Å². The van der Waals surface area contributed by atoms with Crippen molar-refractivity contribution in [2.45, 2.75) is 70.8 Å². The molecule has 0 heterocycles. The molecule has 4 unspecified atom stereocenters. The van der Waals surface area contributed by atoms with Gasteiger partial charge in [0.1, 0.15) is 23.1 Å². The van der Waals surface area contributed by atoms with E-state index in [0.29, 0.717) is 11.8 Å². The van der Waals surface area contributed by atoms with E-state index < -0.39 is 24.2 Å². The van der Waals surface area contributed by atoms with Crippen LogP contribution in [0.15, 0.2) is 48.6 Å². The SMILES string of the molecule is C/C=C/CCC1CCC2CC(c3c(F)cc(C(=O)Oc4ccc(OC(F)F)cc4)cc3F)CCC2C1. The van der Waals surface area contributed by atoms with Crippen molar-refractivity contribution in [1.29, 1.82) is 0 Å². The summed E-state index contributed by atoms with van der Waals surface area (Å²) >= 11 is 0. The number of carbonyl (C=O) groups is 1. The van der Waals surface area contributed by atoms with Crippen LogP contribution in [0.3, 0.4) is 0 Å². The molecule has 3 nitrogen and oxygen atoms in total. The number of hydrogen-bond donors (Lipinski definition) is 0. The fourth-order valence-corrected chi connectivity index (χ4v) is 5.96. The summed E-state index contributed by atoms with van der Waals surface area (Å²) in [6, 6.07) is 7.02. The molecular formula is C29H32F4O3. The highest BCUT2D eigenvalue weighted by molar-refractivity contribution is 5.91. The molecule has 0 spiro atoms.